The minimum atomic E-state index is -0.229. The first-order chi connectivity index (χ1) is 5.25. The lowest BCUT2D eigenvalue weighted by atomic mass is 9.90. The highest BCUT2D eigenvalue weighted by molar-refractivity contribution is 5.00. The molecular formula is C8H13NO2. The van der Waals surface area contributed by atoms with Crippen LogP contribution in [0, 0.1) is 16.0 Å². The number of rotatable bonds is 2. The van der Waals surface area contributed by atoms with E-state index in [9.17, 15) is 10.1 Å². The predicted octanol–water partition coefficient (Wildman–Crippen LogP) is 2.36. The molecule has 0 aliphatic heterocycles. The third-order valence-electron chi connectivity index (χ3n) is 2.23. The summed E-state index contributed by atoms with van der Waals surface area (Å²) in [5.74, 6) is 0.207. The molecule has 3 nitrogen and oxygen atoms in total. The molecule has 0 radical (unpaired) electrons. The van der Waals surface area contributed by atoms with E-state index in [-0.39, 0.29) is 10.8 Å². The lowest BCUT2D eigenvalue weighted by Crippen LogP contribution is -2.14. The summed E-state index contributed by atoms with van der Waals surface area (Å²) in [5, 5.41) is 10.5. The Balaban J connectivity index is 2.71. The van der Waals surface area contributed by atoms with Gasteiger partial charge in [-0.3, -0.25) is 10.1 Å². The molecule has 1 atom stereocenters. The summed E-state index contributed by atoms with van der Waals surface area (Å²) in [6.45, 7) is 2.01. The average Bonchev–Trinajstić information content (AvgIpc) is 2.04. The van der Waals surface area contributed by atoms with Crippen LogP contribution in [0.2, 0.25) is 0 Å². The number of hydrogen-bond donors (Lipinski definition) is 0. The van der Waals surface area contributed by atoms with Crippen LogP contribution in [0.4, 0.5) is 0 Å². The zero-order valence-electron chi connectivity index (χ0n) is 6.75. The summed E-state index contributed by atoms with van der Waals surface area (Å²) < 4.78 is 0. The molecule has 1 aliphatic rings. The third kappa shape index (κ3) is 1.79. The van der Waals surface area contributed by atoms with Crippen LogP contribution in [0.1, 0.15) is 32.6 Å². The molecule has 1 aliphatic carbocycles. The number of allylic oxidation sites excluding steroid dienone is 2. The van der Waals surface area contributed by atoms with Gasteiger partial charge in [0.05, 0.1) is 4.92 Å². The Morgan fingerprint density at radius 2 is 2.55 bits per heavy atom. The van der Waals surface area contributed by atoms with Crippen LogP contribution in [-0.4, -0.2) is 4.92 Å². The molecule has 0 amide bonds. The summed E-state index contributed by atoms with van der Waals surface area (Å²) in [4.78, 5) is 10.2. The maximum atomic E-state index is 10.5. The summed E-state index contributed by atoms with van der Waals surface area (Å²) in [6.07, 6.45) is 5.65. The number of hydrogen-bond acceptors (Lipinski definition) is 2. The van der Waals surface area contributed by atoms with E-state index in [1.54, 1.807) is 6.08 Å². The Morgan fingerprint density at radius 3 is 3.00 bits per heavy atom. The van der Waals surface area contributed by atoms with E-state index < -0.39 is 0 Å². The van der Waals surface area contributed by atoms with E-state index in [4.69, 9.17) is 0 Å². The normalized spacial score (nSPS) is 24.5. The Labute approximate surface area is 66.3 Å². The summed E-state index contributed by atoms with van der Waals surface area (Å²) in [5.41, 5.74) is 0.443. The highest BCUT2D eigenvalue weighted by Crippen LogP contribution is 2.27. The first-order valence-corrected chi connectivity index (χ1v) is 4.10. The first-order valence-electron chi connectivity index (χ1n) is 4.10. The quantitative estimate of drug-likeness (QED) is 0.453. The van der Waals surface area contributed by atoms with Gasteiger partial charge in [-0.25, -0.2) is 0 Å². The van der Waals surface area contributed by atoms with Gasteiger partial charge in [0.15, 0.2) is 0 Å². The van der Waals surface area contributed by atoms with Crippen LogP contribution in [0.15, 0.2) is 11.8 Å². The molecule has 0 bridgehead atoms. The summed E-state index contributed by atoms with van der Waals surface area (Å²) in [6, 6.07) is 0. The second-order valence-electron chi connectivity index (χ2n) is 2.92. The minimum Gasteiger partial charge on any atom is -0.259 e. The minimum absolute atomic E-state index is 0.207. The zero-order chi connectivity index (χ0) is 8.27. The number of nitrogens with zero attached hydrogens (tertiary/aromatic N) is 1. The van der Waals surface area contributed by atoms with Gasteiger partial charge in [0, 0.05) is 5.92 Å². The molecule has 0 aromatic rings. The van der Waals surface area contributed by atoms with Crippen molar-refractivity contribution in [2.45, 2.75) is 32.6 Å². The monoisotopic (exact) mass is 155 g/mol. The molecule has 11 heavy (non-hydrogen) atoms. The van der Waals surface area contributed by atoms with Gasteiger partial charge in [-0.05, 0) is 31.8 Å². The van der Waals surface area contributed by atoms with Gasteiger partial charge >= 0.3 is 0 Å². The Kier molecular flexibility index (Phi) is 2.63. The van der Waals surface area contributed by atoms with Crippen molar-refractivity contribution in [2.24, 2.45) is 5.92 Å². The second-order valence-corrected chi connectivity index (χ2v) is 2.92. The molecule has 0 saturated heterocycles. The molecule has 0 spiro atoms. The van der Waals surface area contributed by atoms with Crippen molar-refractivity contribution in [3.63, 3.8) is 0 Å². The fourth-order valence-corrected chi connectivity index (χ4v) is 1.57. The smallest absolute Gasteiger partial charge is 0.245 e. The highest BCUT2D eigenvalue weighted by Gasteiger charge is 2.24. The average molecular weight is 155 g/mol. The van der Waals surface area contributed by atoms with Crippen LogP contribution in [0.3, 0.4) is 0 Å². The van der Waals surface area contributed by atoms with Crippen molar-refractivity contribution in [1.29, 1.82) is 0 Å². The van der Waals surface area contributed by atoms with Crippen molar-refractivity contribution in [3.8, 4) is 0 Å². The predicted molar refractivity (Wildman–Crippen MR) is 42.7 cm³/mol. The summed E-state index contributed by atoms with van der Waals surface area (Å²) >= 11 is 0. The topological polar surface area (TPSA) is 43.1 Å². The molecule has 62 valence electrons. The van der Waals surface area contributed by atoms with Gasteiger partial charge in [0.1, 0.15) is 0 Å². The van der Waals surface area contributed by atoms with Gasteiger partial charge in [0.25, 0.3) is 0 Å². The van der Waals surface area contributed by atoms with Crippen molar-refractivity contribution < 1.29 is 4.92 Å². The van der Waals surface area contributed by atoms with Gasteiger partial charge < -0.3 is 0 Å². The molecular weight excluding hydrogens is 142 g/mol. The molecule has 3 heteroatoms. The van der Waals surface area contributed by atoms with Crippen molar-refractivity contribution >= 4 is 0 Å². The van der Waals surface area contributed by atoms with E-state index in [1.165, 1.54) is 0 Å². The van der Waals surface area contributed by atoms with E-state index in [0.29, 0.717) is 5.70 Å². The Hall–Kier alpha value is -0.860. The van der Waals surface area contributed by atoms with E-state index in [1.807, 2.05) is 6.92 Å². The fourth-order valence-electron chi connectivity index (χ4n) is 1.57. The number of nitro groups is 1. The van der Waals surface area contributed by atoms with Crippen LogP contribution < -0.4 is 0 Å². The molecule has 1 rings (SSSR count). The van der Waals surface area contributed by atoms with Gasteiger partial charge in [-0.2, -0.15) is 0 Å². The van der Waals surface area contributed by atoms with E-state index >= 15 is 0 Å². The van der Waals surface area contributed by atoms with Gasteiger partial charge in [-0.1, -0.05) is 6.92 Å². The first kappa shape index (κ1) is 8.24. The van der Waals surface area contributed by atoms with E-state index in [0.717, 1.165) is 25.7 Å². The zero-order valence-corrected chi connectivity index (χ0v) is 6.75. The van der Waals surface area contributed by atoms with Crippen molar-refractivity contribution in [2.75, 3.05) is 0 Å². The molecule has 0 saturated carbocycles. The fraction of sp³-hybridized carbons (Fsp3) is 0.750. The summed E-state index contributed by atoms with van der Waals surface area (Å²) in [7, 11) is 0. The Bertz CT molecular complexity index is 187. The Morgan fingerprint density at radius 1 is 1.82 bits per heavy atom. The molecule has 0 aromatic carbocycles. The largest absolute Gasteiger partial charge is 0.259 e. The van der Waals surface area contributed by atoms with Crippen LogP contribution >= 0.6 is 0 Å². The lowest BCUT2D eigenvalue weighted by Gasteiger charge is -2.15. The maximum absolute atomic E-state index is 10.5. The molecule has 0 heterocycles. The van der Waals surface area contributed by atoms with Crippen molar-refractivity contribution in [1.82, 2.24) is 0 Å². The SMILES string of the molecule is CCC1CCCC=C1[N+](=O)[O-]. The van der Waals surface area contributed by atoms with Crippen LogP contribution in [0.5, 0.6) is 0 Å². The highest BCUT2D eigenvalue weighted by atomic mass is 16.6. The standard InChI is InChI=1S/C8H13NO2/c1-2-7-5-3-4-6-8(7)9(10)11/h6-7H,2-5H2,1H3. The second kappa shape index (κ2) is 3.51. The van der Waals surface area contributed by atoms with Crippen LogP contribution in [-0.2, 0) is 0 Å². The molecule has 1 unspecified atom stereocenters. The third-order valence-corrected chi connectivity index (χ3v) is 2.23. The van der Waals surface area contributed by atoms with E-state index in [2.05, 4.69) is 0 Å². The maximum Gasteiger partial charge on any atom is 0.245 e. The van der Waals surface area contributed by atoms with Crippen molar-refractivity contribution in [3.05, 3.63) is 21.9 Å². The van der Waals surface area contributed by atoms with Gasteiger partial charge in [0.2, 0.25) is 5.70 Å². The van der Waals surface area contributed by atoms with Crippen LogP contribution in [0.25, 0.3) is 0 Å². The molecule has 0 fully saturated rings. The molecule has 0 N–H and O–H groups in total. The molecule has 0 aromatic heterocycles. The lowest BCUT2D eigenvalue weighted by molar-refractivity contribution is -0.435. The van der Waals surface area contributed by atoms with Gasteiger partial charge in [-0.15, -0.1) is 0 Å².